The number of nitro groups is 1. The number of hydrogen-bond donors (Lipinski definition) is 0. The molecule has 6 heteroatoms. The second kappa shape index (κ2) is 6.17. The topological polar surface area (TPSA) is 80.5 Å². The number of nitro benzene ring substituents is 1. The predicted octanol–water partition coefficient (Wildman–Crippen LogP) is 3.07. The summed E-state index contributed by atoms with van der Waals surface area (Å²) in [5.41, 5.74) is 1.17. The van der Waals surface area contributed by atoms with Gasteiger partial charge in [-0.25, -0.2) is 0 Å². The van der Waals surface area contributed by atoms with Gasteiger partial charge in [-0.2, -0.15) is 0 Å². The predicted molar refractivity (Wildman–Crippen MR) is 82.3 cm³/mol. The molecule has 0 aromatic heterocycles. The SMILES string of the molecule is CC(=O)c1ccccc1N(C)C(=O)c1ccc([N+](=O)[O-])cc1. The molecule has 112 valence electrons. The van der Waals surface area contributed by atoms with Crippen molar-refractivity contribution in [2.24, 2.45) is 0 Å². The van der Waals surface area contributed by atoms with E-state index in [0.29, 0.717) is 16.8 Å². The van der Waals surface area contributed by atoms with Crippen LogP contribution in [0.15, 0.2) is 48.5 Å². The molecule has 0 aliphatic heterocycles. The molecular formula is C16H14N2O4. The molecule has 0 atom stereocenters. The molecule has 22 heavy (non-hydrogen) atoms. The smallest absolute Gasteiger partial charge is 0.269 e. The molecular weight excluding hydrogens is 284 g/mol. The van der Waals surface area contributed by atoms with Crippen molar-refractivity contribution in [1.82, 2.24) is 0 Å². The van der Waals surface area contributed by atoms with Crippen molar-refractivity contribution in [2.75, 3.05) is 11.9 Å². The Kier molecular flexibility index (Phi) is 4.31. The highest BCUT2D eigenvalue weighted by Gasteiger charge is 2.18. The lowest BCUT2D eigenvalue weighted by atomic mass is 10.1. The minimum atomic E-state index is -0.525. The minimum Gasteiger partial charge on any atom is -0.311 e. The van der Waals surface area contributed by atoms with Crippen LogP contribution >= 0.6 is 0 Å². The van der Waals surface area contributed by atoms with E-state index in [1.165, 1.54) is 36.1 Å². The fraction of sp³-hybridized carbons (Fsp3) is 0.125. The highest BCUT2D eigenvalue weighted by atomic mass is 16.6. The second-order valence-corrected chi connectivity index (χ2v) is 4.74. The summed E-state index contributed by atoms with van der Waals surface area (Å²) in [6.45, 7) is 1.43. The molecule has 0 saturated carbocycles. The number of para-hydroxylation sites is 1. The van der Waals surface area contributed by atoms with E-state index in [4.69, 9.17) is 0 Å². The number of rotatable bonds is 4. The first-order valence-corrected chi connectivity index (χ1v) is 6.54. The van der Waals surface area contributed by atoms with Gasteiger partial charge < -0.3 is 4.90 Å². The molecule has 0 fully saturated rings. The van der Waals surface area contributed by atoms with Gasteiger partial charge in [0, 0.05) is 30.3 Å². The third-order valence-electron chi connectivity index (χ3n) is 3.27. The number of non-ortho nitro benzene ring substituents is 1. The third kappa shape index (κ3) is 3.01. The van der Waals surface area contributed by atoms with Crippen molar-refractivity contribution >= 4 is 23.1 Å². The van der Waals surface area contributed by atoms with Gasteiger partial charge in [-0.1, -0.05) is 12.1 Å². The van der Waals surface area contributed by atoms with Gasteiger partial charge in [-0.15, -0.1) is 0 Å². The number of carbonyl (C=O) groups excluding carboxylic acids is 2. The van der Waals surface area contributed by atoms with Gasteiger partial charge >= 0.3 is 0 Å². The van der Waals surface area contributed by atoms with Crippen LogP contribution in [-0.4, -0.2) is 23.7 Å². The van der Waals surface area contributed by atoms with Crippen LogP contribution in [0.5, 0.6) is 0 Å². The van der Waals surface area contributed by atoms with Gasteiger partial charge in [0.05, 0.1) is 10.6 Å². The molecule has 2 aromatic carbocycles. The van der Waals surface area contributed by atoms with Crippen LogP contribution in [-0.2, 0) is 0 Å². The molecule has 1 amide bonds. The quantitative estimate of drug-likeness (QED) is 0.493. The van der Waals surface area contributed by atoms with Gasteiger partial charge in [0.2, 0.25) is 0 Å². The van der Waals surface area contributed by atoms with Gasteiger partial charge in [0.15, 0.2) is 5.78 Å². The van der Waals surface area contributed by atoms with Crippen LogP contribution in [0.4, 0.5) is 11.4 Å². The second-order valence-electron chi connectivity index (χ2n) is 4.74. The first-order chi connectivity index (χ1) is 10.4. The van der Waals surface area contributed by atoms with Crippen LogP contribution in [0, 0.1) is 10.1 Å². The molecule has 0 unspecified atom stereocenters. The van der Waals surface area contributed by atoms with E-state index < -0.39 is 4.92 Å². The van der Waals surface area contributed by atoms with Crippen molar-refractivity contribution in [3.8, 4) is 0 Å². The Balaban J connectivity index is 2.33. The van der Waals surface area contributed by atoms with Crippen molar-refractivity contribution in [1.29, 1.82) is 0 Å². The maximum absolute atomic E-state index is 12.4. The largest absolute Gasteiger partial charge is 0.311 e. The first kappa shape index (κ1) is 15.4. The van der Waals surface area contributed by atoms with Crippen LogP contribution < -0.4 is 4.90 Å². The fourth-order valence-corrected chi connectivity index (χ4v) is 2.09. The number of nitrogens with zero attached hydrogens (tertiary/aromatic N) is 2. The van der Waals surface area contributed by atoms with E-state index >= 15 is 0 Å². The Morgan fingerprint density at radius 1 is 1.05 bits per heavy atom. The maximum atomic E-state index is 12.4. The van der Waals surface area contributed by atoms with Gasteiger partial charge in [-0.3, -0.25) is 19.7 Å². The Labute approximate surface area is 127 Å². The summed E-state index contributed by atoms with van der Waals surface area (Å²) in [5.74, 6) is -0.484. The van der Waals surface area contributed by atoms with Crippen LogP contribution in [0.1, 0.15) is 27.6 Å². The zero-order chi connectivity index (χ0) is 16.3. The lowest BCUT2D eigenvalue weighted by Crippen LogP contribution is -2.27. The summed E-state index contributed by atoms with van der Waals surface area (Å²) in [7, 11) is 1.56. The lowest BCUT2D eigenvalue weighted by Gasteiger charge is -2.19. The van der Waals surface area contributed by atoms with Crippen LogP contribution in [0.3, 0.4) is 0 Å². The van der Waals surface area contributed by atoms with E-state index in [1.807, 2.05) is 0 Å². The molecule has 0 aliphatic rings. The lowest BCUT2D eigenvalue weighted by molar-refractivity contribution is -0.384. The first-order valence-electron chi connectivity index (χ1n) is 6.54. The summed E-state index contributed by atoms with van der Waals surface area (Å²) in [5, 5.41) is 10.6. The van der Waals surface area contributed by atoms with Gasteiger partial charge in [0.25, 0.3) is 11.6 Å². The van der Waals surface area contributed by atoms with E-state index in [-0.39, 0.29) is 17.4 Å². The summed E-state index contributed by atoms with van der Waals surface area (Å²) in [6, 6.07) is 12.1. The number of benzene rings is 2. The zero-order valence-electron chi connectivity index (χ0n) is 12.1. The van der Waals surface area contributed by atoms with Gasteiger partial charge in [-0.05, 0) is 31.2 Å². The number of Topliss-reactive ketones (excluding diaryl/α,β-unsaturated/α-hetero) is 1. The van der Waals surface area contributed by atoms with E-state index in [9.17, 15) is 19.7 Å². The van der Waals surface area contributed by atoms with Gasteiger partial charge in [0.1, 0.15) is 0 Å². The normalized spacial score (nSPS) is 10.1. The molecule has 2 aromatic rings. The fourth-order valence-electron chi connectivity index (χ4n) is 2.09. The average Bonchev–Trinajstić information content (AvgIpc) is 2.53. The molecule has 2 rings (SSSR count). The van der Waals surface area contributed by atoms with E-state index in [1.54, 1.807) is 31.3 Å². The average molecular weight is 298 g/mol. The van der Waals surface area contributed by atoms with Crippen molar-refractivity contribution in [3.63, 3.8) is 0 Å². The number of amides is 1. The van der Waals surface area contributed by atoms with E-state index in [0.717, 1.165) is 0 Å². The number of carbonyl (C=O) groups is 2. The highest BCUT2D eigenvalue weighted by Crippen LogP contribution is 2.22. The van der Waals surface area contributed by atoms with Crippen molar-refractivity contribution in [2.45, 2.75) is 6.92 Å². The summed E-state index contributed by atoms with van der Waals surface area (Å²) < 4.78 is 0. The summed E-state index contributed by atoms with van der Waals surface area (Å²) in [6.07, 6.45) is 0. The maximum Gasteiger partial charge on any atom is 0.269 e. The monoisotopic (exact) mass is 298 g/mol. The van der Waals surface area contributed by atoms with E-state index in [2.05, 4.69) is 0 Å². The molecule has 0 heterocycles. The van der Waals surface area contributed by atoms with Crippen molar-refractivity contribution < 1.29 is 14.5 Å². The standard InChI is InChI=1S/C16H14N2O4/c1-11(19)14-5-3-4-6-15(14)17(2)16(20)12-7-9-13(10-8-12)18(21)22/h3-10H,1-2H3. The minimum absolute atomic E-state index is 0.0802. The third-order valence-corrected chi connectivity index (χ3v) is 3.27. The Bertz CT molecular complexity index is 738. The van der Waals surface area contributed by atoms with Crippen molar-refractivity contribution in [3.05, 3.63) is 69.8 Å². The zero-order valence-corrected chi connectivity index (χ0v) is 12.1. The molecule has 0 spiro atoms. The van der Waals surface area contributed by atoms with Crippen LogP contribution in [0.2, 0.25) is 0 Å². The highest BCUT2D eigenvalue weighted by molar-refractivity contribution is 6.10. The number of ketones is 1. The molecule has 0 saturated heterocycles. The molecule has 0 aliphatic carbocycles. The summed E-state index contributed by atoms with van der Waals surface area (Å²) >= 11 is 0. The molecule has 0 radical (unpaired) electrons. The molecule has 0 bridgehead atoms. The number of hydrogen-bond acceptors (Lipinski definition) is 4. The van der Waals surface area contributed by atoms with Crippen LogP contribution in [0.25, 0.3) is 0 Å². The summed E-state index contributed by atoms with van der Waals surface area (Å²) in [4.78, 5) is 35.5. The number of anilines is 1. The Hall–Kier alpha value is -3.02. The Morgan fingerprint density at radius 2 is 1.64 bits per heavy atom. The molecule has 6 nitrogen and oxygen atoms in total. The molecule has 0 N–H and O–H groups in total. The Morgan fingerprint density at radius 3 is 2.18 bits per heavy atom.